The molecule has 15 heavy (non-hydrogen) atoms. The molecule has 0 saturated carbocycles. The molecule has 1 aliphatic carbocycles. The number of aliphatic hydroxyl groups is 1. The van der Waals surface area contributed by atoms with Crippen molar-refractivity contribution in [1.82, 2.24) is 0 Å². The minimum atomic E-state index is -0.616. The predicted octanol–water partition coefficient (Wildman–Crippen LogP) is 2.61. The van der Waals surface area contributed by atoms with Crippen molar-refractivity contribution in [1.29, 1.82) is 0 Å². The maximum atomic E-state index is 9.80. The maximum Gasteiger partial charge on any atom is 0.116 e. The first-order valence-corrected chi connectivity index (χ1v) is 4.87. The van der Waals surface area contributed by atoms with Crippen molar-refractivity contribution in [3.8, 4) is 5.75 Å². The van der Waals surface area contributed by atoms with Crippen molar-refractivity contribution < 1.29 is 10.2 Å². The molecule has 0 aromatic heterocycles. The summed E-state index contributed by atoms with van der Waals surface area (Å²) in [4.78, 5) is 0. The topological polar surface area (TPSA) is 40.5 Å². The lowest BCUT2D eigenvalue weighted by molar-refractivity contribution is 0.230. The van der Waals surface area contributed by atoms with E-state index in [4.69, 9.17) is 0 Å². The zero-order chi connectivity index (χ0) is 10.4. The van der Waals surface area contributed by atoms with Crippen molar-refractivity contribution >= 4 is 16.8 Å². The van der Waals surface area contributed by atoms with E-state index < -0.39 is 6.10 Å². The van der Waals surface area contributed by atoms with Gasteiger partial charge in [-0.3, -0.25) is 0 Å². The maximum absolute atomic E-state index is 9.80. The fraction of sp³-hybridized carbons (Fsp3) is 0.0769. The highest BCUT2D eigenvalue weighted by atomic mass is 16.3. The van der Waals surface area contributed by atoms with Gasteiger partial charge in [0.1, 0.15) is 5.75 Å². The number of rotatable bonds is 0. The van der Waals surface area contributed by atoms with Gasteiger partial charge in [0.2, 0.25) is 0 Å². The molecule has 0 fully saturated rings. The molecular weight excluding hydrogens is 188 g/mol. The van der Waals surface area contributed by atoms with Gasteiger partial charge in [-0.1, -0.05) is 30.4 Å². The van der Waals surface area contributed by atoms with Crippen molar-refractivity contribution in [2.45, 2.75) is 6.10 Å². The Morgan fingerprint density at radius 2 is 2.00 bits per heavy atom. The second-order valence-electron chi connectivity index (χ2n) is 3.78. The Hall–Kier alpha value is -1.80. The molecule has 0 amide bonds. The van der Waals surface area contributed by atoms with Crippen LogP contribution in [-0.2, 0) is 0 Å². The minimum absolute atomic E-state index is 0.198. The number of aromatic hydroxyl groups is 1. The van der Waals surface area contributed by atoms with Crippen LogP contribution >= 0.6 is 0 Å². The van der Waals surface area contributed by atoms with Crippen LogP contribution in [0.2, 0.25) is 0 Å². The van der Waals surface area contributed by atoms with E-state index >= 15 is 0 Å². The molecule has 2 aromatic rings. The molecule has 1 unspecified atom stereocenters. The monoisotopic (exact) mass is 198 g/mol. The lowest BCUT2D eigenvalue weighted by atomic mass is 9.91. The van der Waals surface area contributed by atoms with Gasteiger partial charge in [-0.2, -0.15) is 0 Å². The molecule has 0 bridgehead atoms. The quantitative estimate of drug-likeness (QED) is 0.683. The minimum Gasteiger partial charge on any atom is -0.508 e. The molecule has 0 saturated heterocycles. The van der Waals surface area contributed by atoms with Crippen molar-refractivity contribution in [3.05, 3.63) is 47.5 Å². The van der Waals surface area contributed by atoms with E-state index in [9.17, 15) is 10.2 Å². The van der Waals surface area contributed by atoms with Gasteiger partial charge >= 0.3 is 0 Å². The molecule has 0 spiro atoms. The van der Waals surface area contributed by atoms with Crippen LogP contribution < -0.4 is 0 Å². The fourth-order valence-electron chi connectivity index (χ4n) is 2.15. The second-order valence-corrected chi connectivity index (χ2v) is 3.78. The van der Waals surface area contributed by atoms with Gasteiger partial charge in [0.15, 0.2) is 0 Å². The molecule has 0 aliphatic heterocycles. The highest BCUT2D eigenvalue weighted by Gasteiger charge is 2.15. The van der Waals surface area contributed by atoms with Gasteiger partial charge in [-0.15, -0.1) is 0 Å². The average Bonchev–Trinajstić information content (AvgIpc) is 2.23. The smallest absolute Gasteiger partial charge is 0.116 e. The molecule has 3 rings (SSSR count). The van der Waals surface area contributed by atoms with Crippen molar-refractivity contribution in [3.63, 3.8) is 0 Å². The first-order chi connectivity index (χ1) is 7.25. The van der Waals surface area contributed by atoms with E-state index in [2.05, 4.69) is 0 Å². The summed E-state index contributed by atoms with van der Waals surface area (Å²) in [7, 11) is 0. The number of phenolic OH excluding ortho intramolecular Hbond substituents is 1. The zero-order valence-corrected chi connectivity index (χ0v) is 8.01. The van der Waals surface area contributed by atoms with Crippen LogP contribution in [0.25, 0.3) is 16.8 Å². The second kappa shape index (κ2) is 2.84. The summed E-state index contributed by atoms with van der Waals surface area (Å²) in [6.45, 7) is 0. The van der Waals surface area contributed by atoms with Crippen LogP contribution in [0, 0.1) is 0 Å². The Kier molecular flexibility index (Phi) is 1.61. The third-order valence-corrected chi connectivity index (χ3v) is 2.80. The first-order valence-electron chi connectivity index (χ1n) is 4.87. The molecule has 0 heterocycles. The largest absolute Gasteiger partial charge is 0.508 e. The number of phenols is 1. The number of benzene rings is 2. The molecule has 1 aliphatic rings. The molecule has 2 heteroatoms. The van der Waals surface area contributed by atoms with Crippen LogP contribution in [0.5, 0.6) is 5.75 Å². The first kappa shape index (κ1) is 8.50. The van der Waals surface area contributed by atoms with Crippen molar-refractivity contribution in [2.24, 2.45) is 0 Å². The summed E-state index contributed by atoms with van der Waals surface area (Å²) >= 11 is 0. The van der Waals surface area contributed by atoms with Gasteiger partial charge < -0.3 is 10.2 Å². The third kappa shape index (κ3) is 1.15. The highest BCUT2D eigenvalue weighted by molar-refractivity contribution is 5.96. The summed E-state index contributed by atoms with van der Waals surface area (Å²) in [5.41, 5.74) is 1.87. The third-order valence-electron chi connectivity index (χ3n) is 2.80. The van der Waals surface area contributed by atoms with Crippen LogP contribution in [0.3, 0.4) is 0 Å². The summed E-state index contributed by atoms with van der Waals surface area (Å²) in [5, 5.41) is 21.3. The summed E-state index contributed by atoms with van der Waals surface area (Å²) in [6, 6.07) is 9.23. The normalized spacial score (nSPS) is 18.3. The van der Waals surface area contributed by atoms with Crippen LogP contribution in [0.4, 0.5) is 0 Å². The van der Waals surface area contributed by atoms with Crippen LogP contribution in [0.15, 0.2) is 36.4 Å². The summed E-state index contributed by atoms with van der Waals surface area (Å²) < 4.78 is 0. The SMILES string of the molecule is Oc1cc2c3c(cccc3c1)C=CC2O. The van der Waals surface area contributed by atoms with E-state index in [1.165, 1.54) is 0 Å². The van der Waals surface area contributed by atoms with Crippen LogP contribution in [-0.4, -0.2) is 10.2 Å². The van der Waals surface area contributed by atoms with Gasteiger partial charge in [0, 0.05) is 0 Å². The molecule has 2 N–H and O–H groups in total. The highest BCUT2D eigenvalue weighted by Crippen LogP contribution is 2.35. The Labute approximate surface area is 87.1 Å². The van der Waals surface area contributed by atoms with Crippen molar-refractivity contribution in [2.75, 3.05) is 0 Å². The molecule has 2 nitrogen and oxygen atoms in total. The molecule has 74 valence electrons. The number of hydrogen-bond donors (Lipinski definition) is 2. The Morgan fingerprint density at radius 3 is 2.87 bits per heavy atom. The molecule has 0 radical (unpaired) electrons. The Balaban J connectivity index is 2.51. The van der Waals surface area contributed by atoms with E-state index in [-0.39, 0.29) is 5.75 Å². The predicted molar refractivity (Wildman–Crippen MR) is 59.6 cm³/mol. The summed E-state index contributed by atoms with van der Waals surface area (Å²) in [5.74, 6) is 0.198. The molecule has 1 atom stereocenters. The van der Waals surface area contributed by atoms with E-state index in [0.717, 1.165) is 21.9 Å². The summed E-state index contributed by atoms with van der Waals surface area (Å²) in [6.07, 6.45) is 3.03. The van der Waals surface area contributed by atoms with E-state index in [1.54, 1.807) is 18.2 Å². The van der Waals surface area contributed by atoms with Gasteiger partial charge in [0.25, 0.3) is 0 Å². The molecular formula is C13H10O2. The van der Waals surface area contributed by atoms with Crippen LogP contribution in [0.1, 0.15) is 17.2 Å². The average molecular weight is 198 g/mol. The fourth-order valence-corrected chi connectivity index (χ4v) is 2.15. The van der Waals surface area contributed by atoms with Gasteiger partial charge in [0.05, 0.1) is 6.10 Å². The van der Waals surface area contributed by atoms with E-state index in [0.29, 0.717) is 0 Å². The lowest BCUT2D eigenvalue weighted by Gasteiger charge is -2.17. The van der Waals surface area contributed by atoms with E-state index in [1.807, 2.05) is 24.3 Å². The standard InChI is InChI=1S/C13H10O2/c14-10-6-9-3-1-2-8-4-5-12(15)11(7-10)13(8)9/h1-7,12,14-15H. The zero-order valence-electron chi connectivity index (χ0n) is 8.01. The number of hydrogen-bond acceptors (Lipinski definition) is 2. The Bertz CT molecular complexity index is 570. The Morgan fingerprint density at radius 1 is 1.13 bits per heavy atom. The van der Waals surface area contributed by atoms with Gasteiger partial charge in [-0.25, -0.2) is 0 Å². The lowest BCUT2D eigenvalue weighted by Crippen LogP contribution is -1.99. The number of aliphatic hydroxyl groups excluding tert-OH is 1. The van der Waals surface area contributed by atoms with Gasteiger partial charge in [-0.05, 0) is 34.0 Å². The molecule has 2 aromatic carbocycles.